The molecule has 0 saturated heterocycles. The molecule has 0 fully saturated rings. The van der Waals surface area contributed by atoms with Gasteiger partial charge in [0.05, 0.1) is 4.92 Å². The highest BCUT2D eigenvalue weighted by molar-refractivity contribution is 8.00. The van der Waals surface area contributed by atoms with Crippen molar-refractivity contribution in [3.63, 3.8) is 0 Å². The predicted molar refractivity (Wildman–Crippen MR) is 124 cm³/mol. The minimum atomic E-state index is -0.466. The average Bonchev–Trinajstić information content (AvgIpc) is 3.15. The summed E-state index contributed by atoms with van der Waals surface area (Å²) in [7, 11) is 0. The van der Waals surface area contributed by atoms with Crippen LogP contribution in [-0.4, -0.2) is 30.1 Å². The van der Waals surface area contributed by atoms with Crippen molar-refractivity contribution in [2.75, 3.05) is 10.6 Å². The number of aromatic nitrogens is 5. The van der Waals surface area contributed by atoms with E-state index in [9.17, 15) is 10.1 Å². The molecule has 2 aromatic heterocycles. The Morgan fingerprint density at radius 1 is 1.03 bits per heavy atom. The second kappa shape index (κ2) is 9.42. The second-order valence-electron chi connectivity index (χ2n) is 6.47. The number of non-ortho nitro benzene ring substituents is 1. The van der Waals surface area contributed by atoms with Crippen molar-refractivity contribution >= 4 is 63.7 Å². The third-order valence-corrected chi connectivity index (χ3v) is 6.05. The molecule has 4 aromatic rings. The lowest BCUT2D eigenvalue weighted by Gasteiger charge is -2.11. The van der Waals surface area contributed by atoms with Crippen molar-refractivity contribution in [1.82, 2.24) is 25.1 Å². The van der Waals surface area contributed by atoms with Crippen LogP contribution < -0.4 is 10.6 Å². The maximum Gasteiger partial charge on any atom is 0.271 e. The average molecular weight is 487 g/mol. The maximum atomic E-state index is 11.1. The number of nitrogens with zero attached hydrogens (tertiary/aromatic N) is 6. The van der Waals surface area contributed by atoms with E-state index in [-0.39, 0.29) is 17.6 Å². The Morgan fingerprint density at radius 3 is 2.53 bits per heavy atom. The van der Waals surface area contributed by atoms with E-state index in [0.29, 0.717) is 20.2 Å². The lowest BCUT2D eigenvalue weighted by Crippen LogP contribution is -2.06. The highest BCUT2D eigenvalue weighted by atomic mass is 35.5. The summed E-state index contributed by atoms with van der Waals surface area (Å²) in [6.45, 7) is 3.79. The van der Waals surface area contributed by atoms with Gasteiger partial charge < -0.3 is 10.6 Å². The third kappa shape index (κ3) is 5.46. The van der Waals surface area contributed by atoms with E-state index in [1.54, 1.807) is 24.3 Å². The number of benzene rings is 2. The molecule has 2 N–H and O–H groups in total. The van der Waals surface area contributed by atoms with E-state index >= 15 is 0 Å². The van der Waals surface area contributed by atoms with Gasteiger partial charge in [0, 0.05) is 28.5 Å². The molecular formula is C19H15ClN8O2S2. The number of nitro groups is 1. The molecular weight excluding hydrogens is 472 g/mol. The molecule has 0 bridgehead atoms. The predicted octanol–water partition coefficient (Wildman–Crippen LogP) is 5.54. The molecule has 0 amide bonds. The monoisotopic (exact) mass is 486 g/mol. The van der Waals surface area contributed by atoms with E-state index in [0.717, 1.165) is 16.3 Å². The minimum Gasteiger partial charge on any atom is -0.324 e. The molecule has 2 aromatic carbocycles. The molecule has 2 heterocycles. The van der Waals surface area contributed by atoms with Gasteiger partial charge in [0.15, 0.2) is 4.34 Å². The van der Waals surface area contributed by atoms with Crippen molar-refractivity contribution in [2.24, 2.45) is 0 Å². The first kappa shape index (κ1) is 21.9. The Bertz CT molecular complexity index is 1300. The topological polar surface area (TPSA) is 132 Å². The number of rotatable bonds is 7. The lowest BCUT2D eigenvalue weighted by molar-refractivity contribution is -0.384. The molecule has 0 aliphatic rings. The van der Waals surface area contributed by atoms with Crippen LogP contribution in [0.15, 0.2) is 52.0 Å². The first-order valence-electron chi connectivity index (χ1n) is 9.14. The van der Waals surface area contributed by atoms with Gasteiger partial charge in [-0.2, -0.15) is 15.0 Å². The molecule has 0 aliphatic carbocycles. The summed E-state index contributed by atoms with van der Waals surface area (Å²) >= 11 is 8.79. The highest BCUT2D eigenvalue weighted by Crippen LogP contribution is 2.30. The van der Waals surface area contributed by atoms with Gasteiger partial charge in [-0.15, -0.1) is 10.2 Å². The van der Waals surface area contributed by atoms with E-state index in [2.05, 4.69) is 35.8 Å². The van der Waals surface area contributed by atoms with Crippen molar-refractivity contribution < 1.29 is 4.92 Å². The van der Waals surface area contributed by atoms with Crippen LogP contribution >= 0.6 is 34.7 Å². The zero-order valence-electron chi connectivity index (χ0n) is 16.7. The summed E-state index contributed by atoms with van der Waals surface area (Å²) in [5.74, 6) is 0.494. The number of anilines is 4. The van der Waals surface area contributed by atoms with Crippen LogP contribution in [0.4, 0.5) is 29.0 Å². The number of nitrogens with one attached hydrogen (secondary N) is 2. The third-order valence-electron chi connectivity index (χ3n) is 4.06. The van der Waals surface area contributed by atoms with Crippen LogP contribution in [0.2, 0.25) is 5.02 Å². The van der Waals surface area contributed by atoms with E-state index in [1.807, 2.05) is 19.9 Å². The van der Waals surface area contributed by atoms with Crippen LogP contribution in [0.3, 0.4) is 0 Å². The maximum absolute atomic E-state index is 11.1. The fourth-order valence-electron chi connectivity index (χ4n) is 2.59. The summed E-state index contributed by atoms with van der Waals surface area (Å²) in [5.41, 5.74) is 2.12. The quantitative estimate of drug-likeness (QED) is 0.253. The van der Waals surface area contributed by atoms with Crippen molar-refractivity contribution in [3.8, 4) is 0 Å². The molecule has 13 heteroatoms. The minimum absolute atomic E-state index is 0.0455. The zero-order valence-corrected chi connectivity index (χ0v) is 19.1. The lowest BCUT2D eigenvalue weighted by atomic mass is 10.2. The molecule has 4 rings (SSSR count). The molecule has 0 atom stereocenters. The van der Waals surface area contributed by atoms with Gasteiger partial charge in [-0.3, -0.25) is 10.1 Å². The molecule has 10 nitrogen and oxygen atoms in total. The normalized spacial score (nSPS) is 10.7. The molecule has 32 heavy (non-hydrogen) atoms. The summed E-state index contributed by atoms with van der Waals surface area (Å²) in [6, 6.07) is 11.5. The second-order valence-corrected chi connectivity index (χ2v) is 9.30. The van der Waals surface area contributed by atoms with Gasteiger partial charge in [-0.25, -0.2) is 0 Å². The van der Waals surface area contributed by atoms with Crippen LogP contribution in [0.5, 0.6) is 0 Å². The molecule has 162 valence electrons. The highest BCUT2D eigenvalue weighted by Gasteiger charge is 2.13. The first-order chi connectivity index (χ1) is 15.4. The van der Waals surface area contributed by atoms with Gasteiger partial charge in [0.25, 0.3) is 5.69 Å². The summed E-state index contributed by atoms with van der Waals surface area (Å²) in [6.07, 6.45) is 0. The number of aryl methyl sites for hydroxylation is 2. The van der Waals surface area contributed by atoms with Crippen molar-refractivity contribution in [1.29, 1.82) is 0 Å². The Kier molecular flexibility index (Phi) is 6.44. The van der Waals surface area contributed by atoms with Crippen molar-refractivity contribution in [2.45, 2.75) is 23.3 Å². The number of halogens is 1. The zero-order chi connectivity index (χ0) is 22.7. The standard InChI is InChI=1S/C19H15ClN8O2S2/c1-10-6-7-12(20)8-15(10)22-17-23-16(21-13-4-3-5-14(9-13)28(29)30)24-18(25-17)32-19-27-26-11(2)31-19/h3-9H,1-2H3,(H2,21,22,23,24,25). The number of hydrogen-bond acceptors (Lipinski definition) is 11. The number of nitro benzene ring substituents is 1. The van der Waals surface area contributed by atoms with Crippen molar-refractivity contribution in [3.05, 3.63) is 68.2 Å². The van der Waals surface area contributed by atoms with Crippen LogP contribution in [0, 0.1) is 24.0 Å². The van der Waals surface area contributed by atoms with E-state index < -0.39 is 4.92 Å². The number of hydrogen-bond donors (Lipinski definition) is 2. The SMILES string of the molecule is Cc1nnc(Sc2nc(Nc3cccc([N+](=O)[O-])c3)nc(Nc3cc(Cl)ccc3C)n2)s1. The van der Waals surface area contributed by atoms with Crippen LogP contribution in [0.25, 0.3) is 0 Å². The van der Waals surface area contributed by atoms with Crippen LogP contribution in [-0.2, 0) is 0 Å². The van der Waals surface area contributed by atoms with Gasteiger partial charge in [-0.05, 0) is 49.4 Å². The van der Waals surface area contributed by atoms with Gasteiger partial charge in [0.2, 0.25) is 17.1 Å². The van der Waals surface area contributed by atoms with E-state index in [1.165, 1.54) is 35.2 Å². The fourth-order valence-corrected chi connectivity index (χ4v) is 4.43. The Hall–Kier alpha value is -3.35. The molecule has 0 unspecified atom stereocenters. The Balaban J connectivity index is 1.68. The smallest absolute Gasteiger partial charge is 0.271 e. The molecule has 0 radical (unpaired) electrons. The Labute approximate surface area is 195 Å². The molecule has 0 aliphatic heterocycles. The summed E-state index contributed by atoms with van der Waals surface area (Å²) in [5, 5.41) is 27.1. The summed E-state index contributed by atoms with van der Waals surface area (Å²) in [4.78, 5) is 23.9. The van der Waals surface area contributed by atoms with E-state index in [4.69, 9.17) is 11.6 Å². The summed E-state index contributed by atoms with van der Waals surface area (Å²) < 4.78 is 0.680. The van der Waals surface area contributed by atoms with Gasteiger partial charge in [0.1, 0.15) is 5.01 Å². The first-order valence-corrected chi connectivity index (χ1v) is 11.2. The molecule has 0 spiro atoms. The molecule has 0 saturated carbocycles. The fraction of sp³-hybridized carbons (Fsp3) is 0.105. The Morgan fingerprint density at radius 2 is 1.81 bits per heavy atom. The van der Waals surface area contributed by atoms with Gasteiger partial charge in [-0.1, -0.05) is 35.1 Å². The van der Waals surface area contributed by atoms with Gasteiger partial charge >= 0.3 is 0 Å². The van der Waals surface area contributed by atoms with Crippen LogP contribution in [0.1, 0.15) is 10.6 Å². The largest absolute Gasteiger partial charge is 0.324 e.